The van der Waals surface area contributed by atoms with Gasteiger partial charge in [-0.1, -0.05) is 55.4 Å². The molecule has 0 aliphatic rings. The second kappa shape index (κ2) is 8.87. The fourth-order valence-corrected chi connectivity index (χ4v) is 8.71. The molecule has 0 radical (unpaired) electrons. The average Bonchev–Trinajstić information content (AvgIpc) is 2.27. The standard InChI is InChI=1S/C18H36OSi/c1-14(2)11-10-12-18(9)13-19-20(15(3)4,16(5)6)17(7)8/h10,14-17H,11,13H2,1-9H3. The molecule has 1 nitrogen and oxygen atoms in total. The normalized spacial score (nSPS) is 12.4. The van der Waals surface area contributed by atoms with Crippen LogP contribution in [0.1, 0.15) is 68.7 Å². The Hall–Kier alpha value is -0.303. The van der Waals surface area contributed by atoms with E-state index in [1.807, 2.05) is 0 Å². The molecule has 0 saturated heterocycles. The van der Waals surface area contributed by atoms with Gasteiger partial charge in [0.05, 0.1) is 6.61 Å². The van der Waals surface area contributed by atoms with Gasteiger partial charge >= 0.3 is 0 Å². The van der Waals surface area contributed by atoms with Gasteiger partial charge in [0, 0.05) is 0 Å². The van der Waals surface area contributed by atoms with Gasteiger partial charge < -0.3 is 4.43 Å². The number of hydrogen-bond donors (Lipinski definition) is 0. The Morgan fingerprint density at radius 2 is 1.40 bits per heavy atom. The van der Waals surface area contributed by atoms with E-state index < -0.39 is 8.32 Å². The van der Waals surface area contributed by atoms with Crippen molar-refractivity contribution in [1.82, 2.24) is 0 Å². The Morgan fingerprint density at radius 3 is 1.75 bits per heavy atom. The lowest BCUT2D eigenvalue weighted by Gasteiger charge is -2.42. The lowest BCUT2D eigenvalue weighted by atomic mass is 10.1. The highest BCUT2D eigenvalue weighted by Crippen LogP contribution is 2.42. The molecule has 20 heavy (non-hydrogen) atoms. The molecule has 0 aromatic rings. The van der Waals surface area contributed by atoms with Crippen LogP contribution in [0.15, 0.2) is 17.4 Å². The molecule has 0 heterocycles. The van der Waals surface area contributed by atoms with E-state index in [4.69, 9.17) is 4.43 Å². The molecule has 2 heteroatoms. The number of hydrogen-bond acceptors (Lipinski definition) is 1. The fraction of sp³-hybridized carbons (Fsp3) is 0.833. The monoisotopic (exact) mass is 296 g/mol. The molecule has 0 aromatic carbocycles. The first-order chi connectivity index (χ1) is 9.14. The maximum Gasteiger partial charge on any atom is 0.200 e. The predicted molar refractivity (Wildman–Crippen MR) is 93.7 cm³/mol. The van der Waals surface area contributed by atoms with E-state index in [9.17, 15) is 0 Å². The fourth-order valence-electron chi connectivity index (χ4n) is 3.24. The quantitative estimate of drug-likeness (QED) is 0.376. The molecule has 118 valence electrons. The van der Waals surface area contributed by atoms with Gasteiger partial charge in [-0.25, -0.2) is 0 Å². The summed E-state index contributed by atoms with van der Waals surface area (Å²) in [5.74, 6) is 0.701. The minimum absolute atomic E-state index is 0.648. The molecular weight excluding hydrogens is 260 g/mol. The molecule has 0 aliphatic carbocycles. The van der Waals surface area contributed by atoms with E-state index >= 15 is 0 Å². The third kappa shape index (κ3) is 5.59. The molecule has 0 spiro atoms. The number of rotatable bonds is 8. The van der Waals surface area contributed by atoms with Crippen molar-refractivity contribution in [2.45, 2.75) is 85.4 Å². The summed E-state index contributed by atoms with van der Waals surface area (Å²) in [6.45, 7) is 21.3. The van der Waals surface area contributed by atoms with Gasteiger partial charge in [0.2, 0.25) is 8.32 Å². The van der Waals surface area contributed by atoms with Gasteiger partial charge in [-0.05, 0) is 47.5 Å². The summed E-state index contributed by atoms with van der Waals surface area (Å²) in [6, 6.07) is 0. The van der Waals surface area contributed by atoms with Crippen LogP contribution < -0.4 is 0 Å². The van der Waals surface area contributed by atoms with Crippen LogP contribution in [-0.4, -0.2) is 14.9 Å². The minimum atomic E-state index is -1.73. The predicted octanol–water partition coefficient (Wildman–Crippen LogP) is 6.33. The van der Waals surface area contributed by atoms with Crippen LogP contribution in [-0.2, 0) is 4.43 Å². The van der Waals surface area contributed by atoms with Crippen molar-refractivity contribution in [3.8, 4) is 0 Å². The van der Waals surface area contributed by atoms with Crippen LogP contribution in [0, 0.1) is 5.92 Å². The lowest BCUT2D eigenvalue weighted by molar-refractivity contribution is 0.307. The van der Waals surface area contributed by atoms with Crippen LogP contribution in [0.3, 0.4) is 0 Å². The third-order valence-corrected chi connectivity index (χ3v) is 10.2. The van der Waals surface area contributed by atoms with Crippen molar-refractivity contribution in [2.24, 2.45) is 5.92 Å². The van der Waals surface area contributed by atoms with Gasteiger partial charge in [0.15, 0.2) is 0 Å². The van der Waals surface area contributed by atoms with E-state index in [0.29, 0.717) is 22.5 Å². The first-order valence-electron chi connectivity index (χ1n) is 8.19. The summed E-state index contributed by atoms with van der Waals surface area (Å²) >= 11 is 0. The highest BCUT2D eigenvalue weighted by molar-refractivity contribution is 6.77. The Kier molecular flexibility index (Phi) is 8.73. The van der Waals surface area contributed by atoms with Crippen molar-refractivity contribution in [3.63, 3.8) is 0 Å². The van der Waals surface area contributed by atoms with Gasteiger partial charge in [-0.2, -0.15) is 0 Å². The summed E-state index contributed by atoms with van der Waals surface area (Å²) in [5.41, 5.74) is 6.56. The molecular formula is C18H36OSi. The van der Waals surface area contributed by atoms with Crippen LogP contribution >= 0.6 is 0 Å². The van der Waals surface area contributed by atoms with E-state index in [2.05, 4.69) is 74.1 Å². The topological polar surface area (TPSA) is 9.23 Å². The van der Waals surface area contributed by atoms with Gasteiger partial charge in [-0.3, -0.25) is 0 Å². The van der Waals surface area contributed by atoms with Crippen molar-refractivity contribution in [2.75, 3.05) is 6.61 Å². The Balaban J connectivity index is 4.91. The molecule has 0 atom stereocenters. The van der Waals surface area contributed by atoms with Crippen molar-refractivity contribution in [1.29, 1.82) is 0 Å². The summed E-state index contributed by atoms with van der Waals surface area (Å²) < 4.78 is 6.55. The van der Waals surface area contributed by atoms with Gasteiger partial charge in [0.25, 0.3) is 0 Å². The molecule has 0 saturated carbocycles. The van der Waals surface area contributed by atoms with Crippen molar-refractivity contribution in [3.05, 3.63) is 17.4 Å². The van der Waals surface area contributed by atoms with Crippen LogP contribution in [0.5, 0.6) is 0 Å². The first-order valence-corrected chi connectivity index (χ1v) is 10.3. The zero-order valence-corrected chi connectivity index (χ0v) is 16.2. The minimum Gasteiger partial charge on any atom is -0.411 e. The molecule has 0 aliphatic heterocycles. The third-order valence-electron chi connectivity index (χ3n) is 4.18. The smallest absolute Gasteiger partial charge is 0.200 e. The second-order valence-electron chi connectivity index (χ2n) is 7.36. The molecule has 0 amide bonds. The van der Waals surface area contributed by atoms with E-state index in [-0.39, 0.29) is 0 Å². The van der Waals surface area contributed by atoms with Crippen molar-refractivity contribution < 1.29 is 4.43 Å². The summed E-state index contributed by atoms with van der Waals surface area (Å²) in [5, 5.41) is 0. The van der Waals surface area contributed by atoms with Crippen molar-refractivity contribution >= 4 is 8.32 Å². The molecule has 0 unspecified atom stereocenters. The zero-order valence-electron chi connectivity index (χ0n) is 15.2. The Morgan fingerprint density at radius 1 is 0.950 bits per heavy atom. The van der Waals surface area contributed by atoms with Crippen LogP contribution in [0.25, 0.3) is 0 Å². The molecule has 0 bridgehead atoms. The van der Waals surface area contributed by atoms with E-state index in [1.54, 1.807) is 0 Å². The van der Waals surface area contributed by atoms with E-state index in [1.165, 1.54) is 5.57 Å². The Labute approximate surface area is 128 Å². The maximum atomic E-state index is 6.55. The SMILES string of the molecule is CC(=C=CCC(C)C)CO[Si](C(C)C)(C(C)C)C(C)C. The second-order valence-corrected chi connectivity index (χ2v) is 12.8. The van der Waals surface area contributed by atoms with Crippen LogP contribution in [0.2, 0.25) is 16.6 Å². The first kappa shape index (κ1) is 19.7. The van der Waals surface area contributed by atoms with Gasteiger partial charge in [-0.15, -0.1) is 5.73 Å². The average molecular weight is 297 g/mol. The Bertz CT molecular complexity index is 312. The highest BCUT2D eigenvalue weighted by Gasteiger charge is 2.44. The highest BCUT2D eigenvalue weighted by atomic mass is 28.4. The summed E-state index contributed by atoms with van der Waals surface area (Å²) in [6.07, 6.45) is 3.26. The zero-order chi connectivity index (χ0) is 15.9. The maximum absolute atomic E-state index is 6.55. The molecule has 0 rings (SSSR count). The largest absolute Gasteiger partial charge is 0.411 e. The summed E-state index contributed by atoms with van der Waals surface area (Å²) in [4.78, 5) is 0. The lowest BCUT2D eigenvalue weighted by Crippen LogP contribution is -2.48. The summed E-state index contributed by atoms with van der Waals surface area (Å²) in [7, 11) is -1.73. The van der Waals surface area contributed by atoms with Crippen LogP contribution in [0.4, 0.5) is 0 Å². The van der Waals surface area contributed by atoms with E-state index in [0.717, 1.165) is 13.0 Å². The molecule has 0 aromatic heterocycles. The van der Waals surface area contributed by atoms with Gasteiger partial charge in [0.1, 0.15) is 0 Å². The molecule has 0 N–H and O–H groups in total. The molecule has 0 fully saturated rings.